The summed E-state index contributed by atoms with van der Waals surface area (Å²) in [5.41, 5.74) is 22.1. The van der Waals surface area contributed by atoms with E-state index in [0.29, 0.717) is 0 Å². The van der Waals surface area contributed by atoms with Gasteiger partial charge in [-0.25, -0.2) is 0 Å². The molecule has 0 fully saturated rings. The number of nitrogen functional groups attached to an aromatic ring is 2. The largest absolute Gasteiger partial charge is 0.399 e. The monoisotopic (exact) mass is 378 g/mol. The Hall–Kier alpha value is -3.52. The molecular formula is C27H26N2. The van der Waals surface area contributed by atoms with Crippen molar-refractivity contribution in [2.45, 2.75) is 19.8 Å². The minimum atomic E-state index is 0.124. The van der Waals surface area contributed by atoms with Crippen LogP contribution in [0.15, 0.2) is 91.0 Å². The molecule has 2 nitrogen and oxygen atoms in total. The van der Waals surface area contributed by atoms with E-state index in [1.165, 1.54) is 27.8 Å². The Morgan fingerprint density at radius 1 is 0.517 bits per heavy atom. The van der Waals surface area contributed by atoms with Crippen molar-refractivity contribution in [2.24, 2.45) is 0 Å². The number of aryl methyl sites for hydroxylation is 2. The molecule has 0 unspecified atom stereocenters. The predicted molar refractivity (Wildman–Crippen MR) is 124 cm³/mol. The molecule has 0 aromatic heterocycles. The Morgan fingerprint density at radius 2 is 0.966 bits per heavy atom. The number of rotatable bonds is 4. The van der Waals surface area contributed by atoms with E-state index in [9.17, 15) is 0 Å². The smallest absolute Gasteiger partial charge is 0.0343 e. The van der Waals surface area contributed by atoms with E-state index in [-0.39, 0.29) is 5.92 Å². The van der Waals surface area contributed by atoms with Gasteiger partial charge in [0.2, 0.25) is 0 Å². The molecule has 4 aromatic rings. The Kier molecular flexibility index (Phi) is 5.09. The SMILES string of the molecule is Cc1cc(C(c2ccc(-c3ccccc3)cc2)c2ccc(N)c(C)c2)ccc1N. The summed E-state index contributed by atoms with van der Waals surface area (Å²) >= 11 is 0. The highest BCUT2D eigenvalue weighted by Gasteiger charge is 2.18. The van der Waals surface area contributed by atoms with Crippen LogP contribution in [0.3, 0.4) is 0 Å². The van der Waals surface area contributed by atoms with E-state index in [0.717, 1.165) is 22.5 Å². The Bertz CT molecular complexity index is 1080. The average Bonchev–Trinajstić information content (AvgIpc) is 2.74. The van der Waals surface area contributed by atoms with Crippen LogP contribution in [0.4, 0.5) is 11.4 Å². The number of benzene rings is 4. The van der Waals surface area contributed by atoms with Crippen LogP contribution >= 0.6 is 0 Å². The van der Waals surface area contributed by atoms with Gasteiger partial charge in [-0.15, -0.1) is 0 Å². The lowest BCUT2D eigenvalue weighted by atomic mass is 9.83. The van der Waals surface area contributed by atoms with Gasteiger partial charge in [0.15, 0.2) is 0 Å². The molecule has 0 heterocycles. The van der Waals surface area contributed by atoms with Crippen molar-refractivity contribution in [3.05, 3.63) is 119 Å². The summed E-state index contributed by atoms with van der Waals surface area (Å²) in [7, 11) is 0. The molecule has 4 rings (SSSR count). The molecule has 0 saturated heterocycles. The summed E-state index contributed by atoms with van der Waals surface area (Å²) in [4.78, 5) is 0. The van der Waals surface area contributed by atoms with E-state index >= 15 is 0 Å². The molecule has 144 valence electrons. The Morgan fingerprint density at radius 3 is 1.45 bits per heavy atom. The van der Waals surface area contributed by atoms with Crippen molar-refractivity contribution in [3.63, 3.8) is 0 Å². The fraction of sp³-hybridized carbons (Fsp3) is 0.111. The summed E-state index contributed by atoms with van der Waals surface area (Å²) in [6.07, 6.45) is 0. The summed E-state index contributed by atoms with van der Waals surface area (Å²) in [6.45, 7) is 4.12. The molecule has 29 heavy (non-hydrogen) atoms. The second kappa shape index (κ2) is 7.84. The molecule has 0 radical (unpaired) electrons. The third-order valence-corrected chi connectivity index (χ3v) is 5.61. The number of nitrogens with two attached hydrogens (primary N) is 2. The third-order valence-electron chi connectivity index (χ3n) is 5.61. The summed E-state index contributed by atoms with van der Waals surface area (Å²) in [6, 6.07) is 32.0. The van der Waals surface area contributed by atoms with Crippen LogP contribution in [0.5, 0.6) is 0 Å². The van der Waals surface area contributed by atoms with Crippen LogP contribution < -0.4 is 11.5 Å². The lowest BCUT2D eigenvalue weighted by Gasteiger charge is -2.21. The molecule has 0 spiro atoms. The van der Waals surface area contributed by atoms with Crippen LogP contribution in [0.25, 0.3) is 11.1 Å². The zero-order valence-corrected chi connectivity index (χ0v) is 16.9. The van der Waals surface area contributed by atoms with E-state index in [1.807, 2.05) is 18.2 Å². The summed E-state index contributed by atoms with van der Waals surface area (Å²) < 4.78 is 0. The van der Waals surface area contributed by atoms with Gasteiger partial charge in [-0.3, -0.25) is 0 Å². The predicted octanol–water partition coefficient (Wildman–Crippen LogP) is 6.32. The van der Waals surface area contributed by atoms with Crippen molar-refractivity contribution in [1.29, 1.82) is 0 Å². The molecule has 2 heteroatoms. The topological polar surface area (TPSA) is 52.0 Å². The zero-order valence-electron chi connectivity index (χ0n) is 16.9. The Labute approximate surface area is 172 Å². The maximum atomic E-state index is 6.08. The average molecular weight is 379 g/mol. The zero-order chi connectivity index (χ0) is 20.4. The first kappa shape index (κ1) is 18.8. The second-order valence-electron chi connectivity index (χ2n) is 7.65. The van der Waals surface area contributed by atoms with E-state index in [1.54, 1.807) is 0 Å². The van der Waals surface area contributed by atoms with Crippen LogP contribution in [-0.4, -0.2) is 0 Å². The quantitative estimate of drug-likeness (QED) is 0.323. The van der Waals surface area contributed by atoms with Gasteiger partial charge in [0, 0.05) is 17.3 Å². The van der Waals surface area contributed by atoms with Crippen molar-refractivity contribution >= 4 is 11.4 Å². The molecule has 0 bridgehead atoms. The van der Waals surface area contributed by atoms with Gasteiger partial charge in [0.05, 0.1) is 0 Å². The van der Waals surface area contributed by atoms with Gasteiger partial charge >= 0.3 is 0 Å². The molecule has 0 aliphatic rings. The minimum Gasteiger partial charge on any atom is -0.399 e. The molecular weight excluding hydrogens is 352 g/mol. The van der Waals surface area contributed by atoms with E-state index < -0.39 is 0 Å². The molecule has 0 atom stereocenters. The van der Waals surface area contributed by atoms with E-state index in [4.69, 9.17) is 11.5 Å². The maximum Gasteiger partial charge on any atom is 0.0343 e. The maximum absolute atomic E-state index is 6.08. The normalized spacial score (nSPS) is 11.0. The lowest BCUT2D eigenvalue weighted by molar-refractivity contribution is 0.972. The van der Waals surface area contributed by atoms with Gasteiger partial charge in [-0.1, -0.05) is 78.9 Å². The van der Waals surface area contributed by atoms with Gasteiger partial charge in [0.1, 0.15) is 0 Å². The molecule has 0 aliphatic carbocycles. The molecule has 4 N–H and O–H groups in total. The van der Waals surface area contributed by atoms with Crippen LogP contribution in [0.2, 0.25) is 0 Å². The van der Waals surface area contributed by atoms with Gasteiger partial charge in [-0.2, -0.15) is 0 Å². The number of anilines is 2. The first-order valence-corrected chi connectivity index (χ1v) is 9.90. The molecule has 0 aliphatic heterocycles. The molecule has 4 aromatic carbocycles. The first-order valence-electron chi connectivity index (χ1n) is 9.90. The summed E-state index contributed by atoms with van der Waals surface area (Å²) in [5.74, 6) is 0.124. The standard InChI is InChI=1S/C27H26N2/c1-18-16-23(12-14-25(18)28)27(24-13-15-26(29)19(2)17-24)22-10-8-21(9-11-22)20-6-4-3-5-7-20/h3-17,27H,28-29H2,1-2H3. The van der Waals surface area contributed by atoms with Crippen molar-refractivity contribution in [3.8, 4) is 11.1 Å². The highest BCUT2D eigenvalue weighted by molar-refractivity contribution is 5.64. The highest BCUT2D eigenvalue weighted by Crippen LogP contribution is 2.35. The lowest BCUT2D eigenvalue weighted by Crippen LogP contribution is -2.05. The number of hydrogen-bond donors (Lipinski definition) is 2. The molecule has 0 amide bonds. The van der Waals surface area contributed by atoms with Gasteiger partial charge in [0.25, 0.3) is 0 Å². The van der Waals surface area contributed by atoms with Crippen LogP contribution in [0, 0.1) is 13.8 Å². The first-order chi connectivity index (χ1) is 14.0. The minimum absolute atomic E-state index is 0.124. The Balaban J connectivity index is 1.81. The van der Waals surface area contributed by atoms with Gasteiger partial charge in [-0.05, 0) is 64.9 Å². The summed E-state index contributed by atoms with van der Waals surface area (Å²) in [5, 5.41) is 0. The van der Waals surface area contributed by atoms with Crippen LogP contribution in [-0.2, 0) is 0 Å². The van der Waals surface area contributed by atoms with Crippen molar-refractivity contribution in [2.75, 3.05) is 11.5 Å². The van der Waals surface area contributed by atoms with E-state index in [2.05, 4.69) is 86.6 Å². The third kappa shape index (κ3) is 3.88. The van der Waals surface area contributed by atoms with Crippen LogP contribution in [0.1, 0.15) is 33.7 Å². The number of hydrogen-bond acceptors (Lipinski definition) is 2. The van der Waals surface area contributed by atoms with Crippen molar-refractivity contribution < 1.29 is 0 Å². The molecule has 0 saturated carbocycles. The fourth-order valence-electron chi connectivity index (χ4n) is 3.83. The van der Waals surface area contributed by atoms with Crippen molar-refractivity contribution in [1.82, 2.24) is 0 Å². The second-order valence-corrected chi connectivity index (χ2v) is 7.65. The fourth-order valence-corrected chi connectivity index (χ4v) is 3.83. The highest BCUT2D eigenvalue weighted by atomic mass is 14.6. The van der Waals surface area contributed by atoms with Gasteiger partial charge < -0.3 is 11.5 Å².